The van der Waals surface area contributed by atoms with E-state index in [1.54, 1.807) is 6.08 Å². The number of hydrogen-bond acceptors (Lipinski definition) is 6. The average molecular weight is 1070 g/mol. The smallest absolute Gasteiger partial charge is 0.268 e. The summed E-state index contributed by atoms with van der Waals surface area (Å²) in [6.07, 6.45) is 72.8. The van der Waals surface area contributed by atoms with E-state index in [-0.39, 0.29) is 19.1 Å². The maximum atomic E-state index is 13.0. The summed E-state index contributed by atoms with van der Waals surface area (Å²) < 4.78 is 23.4. The van der Waals surface area contributed by atoms with Gasteiger partial charge in [-0.3, -0.25) is 9.36 Å². The summed E-state index contributed by atoms with van der Waals surface area (Å²) >= 11 is 0. The van der Waals surface area contributed by atoms with E-state index in [0.29, 0.717) is 17.4 Å². The molecule has 440 valence electrons. The summed E-state index contributed by atoms with van der Waals surface area (Å²) in [5.41, 5.74) is 0. The number of nitrogens with zero attached hydrogens (tertiary/aromatic N) is 1. The summed E-state index contributed by atoms with van der Waals surface area (Å²) in [5, 5.41) is 13.9. The minimum Gasteiger partial charge on any atom is -0.756 e. The number of phosphoric acid groups is 1. The molecule has 0 aromatic carbocycles. The number of rotatable bonds is 61. The molecule has 0 aliphatic rings. The number of aliphatic hydroxyl groups excluding tert-OH is 1. The molecule has 0 aliphatic heterocycles. The Labute approximate surface area is 462 Å². The van der Waals surface area contributed by atoms with Crippen LogP contribution in [0.15, 0.2) is 24.3 Å². The molecule has 2 N–H and O–H groups in total. The molecule has 0 saturated heterocycles. The number of phosphoric ester groups is 1. The van der Waals surface area contributed by atoms with Gasteiger partial charge in [-0.1, -0.05) is 308 Å². The number of nitrogens with one attached hydrogen (secondary N) is 1. The molecule has 0 aromatic rings. The molecule has 9 heteroatoms. The second-order valence-corrected chi connectivity index (χ2v) is 25.2. The van der Waals surface area contributed by atoms with Crippen molar-refractivity contribution < 1.29 is 32.9 Å². The third kappa shape index (κ3) is 58.7. The van der Waals surface area contributed by atoms with Crippen molar-refractivity contribution >= 4 is 13.7 Å². The maximum Gasteiger partial charge on any atom is 0.268 e. The first-order chi connectivity index (χ1) is 36.0. The molecule has 74 heavy (non-hydrogen) atoms. The van der Waals surface area contributed by atoms with Crippen molar-refractivity contribution in [2.75, 3.05) is 40.9 Å². The number of amides is 1. The first kappa shape index (κ1) is 73.0. The molecule has 0 aliphatic carbocycles. The SMILES string of the molecule is CCCCCCCCCC/C=C\CCCCCCCCCCCCCCCCCCCCCCCC(=O)NC(COP(=O)([O-])OCC[N+](C)(C)C)C(O)/C=C/CCCCCCCCCCCCCCCCCCC. The van der Waals surface area contributed by atoms with Gasteiger partial charge in [0.2, 0.25) is 5.91 Å². The third-order valence-electron chi connectivity index (χ3n) is 15.2. The molecule has 3 atom stereocenters. The maximum absolute atomic E-state index is 13.0. The number of carbonyl (C=O) groups excluding carboxylic acids is 1. The zero-order valence-electron chi connectivity index (χ0n) is 50.3. The van der Waals surface area contributed by atoms with E-state index in [0.717, 1.165) is 38.5 Å². The predicted molar refractivity (Wildman–Crippen MR) is 321 cm³/mol. The minimum absolute atomic E-state index is 0.00187. The molecule has 0 bridgehead atoms. The molecule has 0 radical (unpaired) electrons. The highest BCUT2D eigenvalue weighted by Crippen LogP contribution is 2.38. The van der Waals surface area contributed by atoms with Gasteiger partial charge in [0.25, 0.3) is 7.82 Å². The zero-order valence-corrected chi connectivity index (χ0v) is 51.2. The van der Waals surface area contributed by atoms with Gasteiger partial charge in [-0.25, -0.2) is 0 Å². The Balaban J connectivity index is 4.01. The van der Waals surface area contributed by atoms with Gasteiger partial charge in [0, 0.05) is 6.42 Å². The Morgan fingerprint density at radius 1 is 0.459 bits per heavy atom. The van der Waals surface area contributed by atoms with Gasteiger partial charge < -0.3 is 28.8 Å². The lowest BCUT2D eigenvalue weighted by molar-refractivity contribution is -0.870. The molecule has 0 fully saturated rings. The van der Waals surface area contributed by atoms with E-state index in [2.05, 4.69) is 31.3 Å². The normalized spacial score (nSPS) is 13.9. The van der Waals surface area contributed by atoms with Crippen LogP contribution in [0.25, 0.3) is 0 Å². The fourth-order valence-corrected chi connectivity index (χ4v) is 10.8. The van der Waals surface area contributed by atoms with Crippen molar-refractivity contribution in [1.82, 2.24) is 5.32 Å². The van der Waals surface area contributed by atoms with Crippen LogP contribution in [0.5, 0.6) is 0 Å². The lowest BCUT2D eigenvalue weighted by Gasteiger charge is -2.29. The van der Waals surface area contributed by atoms with Gasteiger partial charge in [0.05, 0.1) is 39.9 Å². The van der Waals surface area contributed by atoms with Crippen LogP contribution in [0.1, 0.15) is 335 Å². The number of hydrogen-bond donors (Lipinski definition) is 2. The van der Waals surface area contributed by atoms with E-state index >= 15 is 0 Å². The van der Waals surface area contributed by atoms with E-state index in [4.69, 9.17) is 9.05 Å². The summed E-state index contributed by atoms with van der Waals surface area (Å²) in [6, 6.07) is -0.884. The standard InChI is InChI=1S/C65H129N2O6P/c1-6-8-10-12-14-16-18-20-22-24-26-27-28-29-30-31-32-33-34-35-36-37-38-39-41-43-45-47-49-51-53-55-57-59-65(69)66-63(62-73-74(70,71)72-61-60-67(3,4)5)64(68)58-56-54-52-50-48-46-44-42-40-25-23-21-19-17-15-13-11-9-7-2/h24,26,56,58,63-64,68H,6-23,25,27-55,57,59-62H2,1-5H3,(H-,66,69,70,71)/b26-24-,58-56+. The van der Waals surface area contributed by atoms with Gasteiger partial charge in [-0.2, -0.15) is 0 Å². The summed E-state index contributed by atoms with van der Waals surface area (Å²) in [7, 11) is 1.28. The van der Waals surface area contributed by atoms with Crippen molar-refractivity contribution in [2.24, 2.45) is 0 Å². The Morgan fingerprint density at radius 2 is 0.743 bits per heavy atom. The fourth-order valence-electron chi connectivity index (χ4n) is 10.0. The van der Waals surface area contributed by atoms with E-state index < -0.39 is 20.0 Å². The lowest BCUT2D eigenvalue weighted by Crippen LogP contribution is -2.45. The van der Waals surface area contributed by atoms with E-state index in [1.165, 1.54) is 276 Å². The Bertz CT molecular complexity index is 1260. The van der Waals surface area contributed by atoms with Crippen LogP contribution in [-0.4, -0.2) is 68.5 Å². The molecule has 0 aromatic heterocycles. The first-order valence-electron chi connectivity index (χ1n) is 32.7. The number of allylic oxidation sites excluding steroid dienone is 3. The van der Waals surface area contributed by atoms with Crippen molar-refractivity contribution in [2.45, 2.75) is 347 Å². The Morgan fingerprint density at radius 3 is 1.05 bits per heavy atom. The number of aliphatic hydroxyl groups is 1. The topological polar surface area (TPSA) is 108 Å². The fraction of sp³-hybridized carbons (Fsp3) is 0.923. The van der Waals surface area contributed by atoms with Crippen molar-refractivity contribution in [1.29, 1.82) is 0 Å². The largest absolute Gasteiger partial charge is 0.756 e. The second-order valence-electron chi connectivity index (χ2n) is 23.8. The molecule has 1 amide bonds. The Hall–Kier alpha value is -1.02. The zero-order chi connectivity index (χ0) is 54.2. The van der Waals surface area contributed by atoms with Gasteiger partial charge in [-0.15, -0.1) is 0 Å². The number of quaternary nitrogens is 1. The molecule has 0 saturated carbocycles. The van der Waals surface area contributed by atoms with Crippen molar-refractivity contribution in [3.05, 3.63) is 24.3 Å². The highest BCUT2D eigenvalue weighted by Gasteiger charge is 2.23. The Kier molecular flexibility index (Phi) is 55.9. The minimum atomic E-state index is -4.60. The van der Waals surface area contributed by atoms with Gasteiger partial charge >= 0.3 is 0 Å². The lowest BCUT2D eigenvalue weighted by atomic mass is 10.0. The van der Waals surface area contributed by atoms with Crippen molar-refractivity contribution in [3.8, 4) is 0 Å². The van der Waals surface area contributed by atoms with Crippen LogP contribution >= 0.6 is 7.82 Å². The van der Waals surface area contributed by atoms with Crippen LogP contribution in [0, 0.1) is 0 Å². The summed E-state index contributed by atoms with van der Waals surface area (Å²) in [5.74, 6) is -0.190. The number of likely N-dealkylation sites (N-methyl/N-ethyl adjacent to an activating group) is 1. The van der Waals surface area contributed by atoms with Crippen molar-refractivity contribution in [3.63, 3.8) is 0 Å². The molecule has 3 unspecified atom stereocenters. The monoisotopic (exact) mass is 1060 g/mol. The van der Waals surface area contributed by atoms with E-state index in [1.807, 2.05) is 27.2 Å². The number of unbranched alkanes of at least 4 members (excludes halogenated alkanes) is 46. The first-order valence-corrected chi connectivity index (χ1v) is 34.2. The highest BCUT2D eigenvalue weighted by molar-refractivity contribution is 7.45. The van der Waals surface area contributed by atoms with Crippen LogP contribution in [0.3, 0.4) is 0 Å². The molecular formula is C65H129N2O6P. The van der Waals surface area contributed by atoms with Gasteiger partial charge in [0.1, 0.15) is 13.2 Å². The van der Waals surface area contributed by atoms with Crippen LogP contribution in [-0.2, 0) is 18.4 Å². The van der Waals surface area contributed by atoms with Gasteiger partial charge in [0.15, 0.2) is 0 Å². The predicted octanol–water partition coefficient (Wildman–Crippen LogP) is 19.7. The van der Waals surface area contributed by atoms with Crippen LogP contribution in [0.2, 0.25) is 0 Å². The quantitative estimate of drug-likeness (QED) is 0.0272. The average Bonchev–Trinajstić information content (AvgIpc) is 3.36. The summed E-state index contributed by atoms with van der Waals surface area (Å²) in [4.78, 5) is 25.6. The van der Waals surface area contributed by atoms with E-state index in [9.17, 15) is 19.4 Å². The van der Waals surface area contributed by atoms with Crippen LogP contribution in [0.4, 0.5) is 0 Å². The molecule has 0 heterocycles. The molecule has 0 spiro atoms. The third-order valence-corrected chi connectivity index (χ3v) is 16.1. The molecule has 0 rings (SSSR count). The second kappa shape index (κ2) is 56.7. The summed E-state index contributed by atoms with van der Waals surface area (Å²) in [6.45, 7) is 4.70. The van der Waals surface area contributed by atoms with Crippen LogP contribution < -0.4 is 10.2 Å². The molecule has 8 nitrogen and oxygen atoms in total. The van der Waals surface area contributed by atoms with Gasteiger partial charge in [-0.05, 0) is 44.9 Å². The molecular weight excluding hydrogens is 936 g/mol. The number of carbonyl (C=O) groups is 1. The highest BCUT2D eigenvalue weighted by atomic mass is 31.2.